The molecule has 0 aromatic heterocycles. The molecule has 5 heteroatoms. The summed E-state index contributed by atoms with van der Waals surface area (Å²) in [6, 6.07) is 0. The highest BCUT2D eigenvalue weighted by atomic mass is 32.1. The second kappa shape index (κ2) is 4.21. The number of Topliss-reactive ketones (excluding diaryl/α,β-unsaturated/α-hetero) is 1. The van der Waals surface area contributed by atoms with Crippen LogP contribution in [0.2, 0.25) is 0 Å². The van der Waals surface area contributed by atoms with Gasteiger partial charge in [0.1, 0.15) is 0 Å². The smallest absolute Gasteiger partial charge is 0.293 e. The fraction of sp³-hybridized carbons (Fsp3) is 0.444. The predicted molar refractivity (Wildman–Crippen MR) is 50.3 cm³/mol. The zero-order chi connectivity index (χ0) is 10.8. The van der Waals surface area contributed by atoms with Gasteiger partial charge in [-0.2, -0.15) is 25.8 Å². The fourth-order valence-electron chi connectivity index (χ4n) is 1.21. The van der Waals surface area contributed by atoms with Crippen molar-refractivity contribution in [2.75, 3.05) is 5.75 Å². The highest BCUT2D eigenvalue weighted by Gasteiger charge is 2.34. The van der Waals surface area contributed by atoms with E-state index in [4.69, 9.17) is 0 Å². The van der Waals surface area contributed by atoms with Crippen LogP contribution in [0.25, 0.3) is 0 Å². The molecule has 0 amide bonds. The van der Waals surface area contributed by atoms with Crippen molar-refractivity contribution < 1.29 is 18.0 Å². The van der Waals surface area contributed by atoms with E-state index >= 15 is 0 Å². The van der Waals surface area contributed by atoms with Crippen molar-refractivity contribution in [3.8, 4) is 0 Å². The van der Waals surface area contributed by atoms with Gasteiger partial charge < -0.3 is 0 Å². The van der Waals surface area contributed by atoms with Gasteiger partial charge >= 0.3 is 6.18 Å². The van der Waals surface area contributed by atoms with Gasteiger partial charge in [0.15, 0.2) is 5.78 Å². The zero-order valence-corrected chi connectivity index (χ0v) is 8.16. The minimum atomic E-state index is -4.32. The Morgan fingerprint density at radius 1 is 1.50 bits per heavy atom. The SMILES string of the molecule is O=C(CS)C1=CCCC(C(F)(F)F)=C1. The summed E-state index contributed by atoms with van der Waals surface area (Å²) in [5.74, 6) is -0.428. The van der Waals surface area contributed by atoms with Gasteiger partial charge in [0.2, 0.25) is 0 Å². The molecule has 0 atom stereocenters. The van der Waals surface area contributed by atoms with Gasteiger partial charge in [-0.15, -0.1) is 0 Å². The van der Waals surface area contributed by atoms with Crippen LogP contribution in [0.1, 0.15) is 12.8 Å². The molecule has 0 radical (unpaired) electrons. The van der Waals surface area contributed by atoms with Crippen LogP contribution in [0.5, 0.6) is 0 Å². The largest absolute Gasteiger partial charge is 0.412 e. The van der Waals surface area contributed by atoms with Crippen molar-refractivity contribution in [3.63, 3.8) is 0 Å². The van der Waals surface area contributed by atoms with E-state index in [0.717, 1.165) is 6.08 Å². The third-order valence-corrected chi connectivity index (χ3v) is 2.22. The number of ketones is 1. The number of halogens is 3. The summed E-state index contributed by atoms with van der Waals surface area (Å²) in [5, 5.41) is 0. The molecular formula is C9H9F3OS. The minimum absolute atomic E-state index is 0.0488. The Bertz CT molecular complexity index is 302. The molecule has 1 aliphatic rings. The van der Waals surface area contributed by atoms with Crippen LogP contribution in [0.3, 0.4) is 0 Å². The number of carbonyl (C=O) groups is 1. The van der Waals surface area contributed by atoms with Crippen LogP contribution in [0.4, 0.5) is 13.2 Å². The average molecular weight is 222 g/mol. The van der Waals surface area contributed by atoms with Crippen LogP contribution < -0.4 is 0 Å². The molecule has 1 rings (SSSR count). The molecule has 14 heavy (non-hydrogen) atoms. The molecule has 0 aliphatic heterocycles. The molecule has 0 heterocycles. The van der Waals surface area contributed by atoms with Crippen LogP contribution in [0, 0.1) is 0 Å². The number of allylic oxidation sites excluding steroid dienone is 4. The topological polar surface area (TPSA) is 17.1 Å². The second-order valence-electron chi connectivity index (χ2n) is 2.95. The first-order valence-electron chi connectivity index (χ1n) is 4.07. The maximum absolute atomic E-state index is 12.3. The van der Waals surface area contributed by atoms with Crippen molar-refractivity contribution >= 4 is 18.4 Å². The molecule has 0 bridgehead atoms. The number of thiol groups is 1. The van der Waals surface area contributed by atoms with Crippen molar-refractivity contribution in [3.05, 3.63) is 23.3 Å². The van der Waals surface area contributed by atoms with Crippen LogP contribution in [-0.2, 0) is 4.79 Å². The monoisotopic (exact) mass is 222 g/mol. The Morgan fingerprint density at radius 2 is 2.14 bits per heavy atom. The molecule has 0 saturated heterocycles. The molecule has 1 aliphatic carbocycles. The van der Waals surface area contributed by atoms with Crippen LogP contribution >= 0.6 is 12.6 Å². The van der Waals surface area contributed by atoms with Gasteiger partial charge in [-0.05, 0) is 18.9 Å². The summed E-state index contributed by atoms with van der Waals surface area (Å²) in [7, 11) is 0. The van der Waals surface area contributed by atoms with Gasteiger partial charge in [-0.1, -0.05) is 6.08 Å². The Morgan fingerprint density at radius 3 is 2.64 bits per heavy atom. The molecule has 0 spiro atoms. The lowest BCUT2D eigenvalue weighted by Gasteiger charge is -2.15. The maximum Gasteiger partial charge on any atom is 0.412 e. The number of hydrogen-bond donors (Lipinski definition) is 1. The number of alkyl halides is 3. The van der Waals surface area contributed by atoms with Crippen LogP contribution in [0.15, 0.2) is 23.3 Å². The molecular weight excluding hydrogens is 213 g/mol. The normalized spacial score (nSPS) is 17.4. The Labute approximate surface area is 85.1 Å². The van der Waals surface area contributed by atoms with Gasteiger partial charge in [0.25, 0.3) is 0 Å². The van der Waals surface area contributed by atoms with Crippen molar-refractivity contribution in [1.82, 2.24) is 0 Å². The fourth-order valence-corrected chi connectivity index (χ4v) is 1.39. The summed E-state index contributed by atoms with van der Waals surface area (Å²) < 4.78 is 36.8. The van der Waals surface area contributed by atoms with E-state index in [1.165, 1.54) is 6.08 Å². The molecule has 0 aromatic carbocycles. The Balaban J connectivity index is 2.88. The summed E-state index contributed by atoms with van der Waals surface area (Å²) >= 11 is 3.73. The summed E-state index contributed by atoms with van der Waals surface area (Å²) in [6.07, 6.45) is -1.67. The molecule has 0 unspecified atom stereocenters. The Hall–Kier alpha value is -0.710. The highest BCUT2D eigenvalue weighted by Crippen LogP contribution is 2.32. The average Bonchev–Trinajstić information content (AvgIpc) is 2.15. The van der Waals surface area contributed by atoms with Gasteiger partial charge in [-0.25, -0.2) is 0 Å². The number of hydrogen-bond acceptors (Lipinski definition) is 2. The van der Waals surface area contributed by atoms with Crippen LogP contribution in [-0.4, -0.2) is 17.7 Å². The van der Waals surface area contributed by atoms with E-state index in [-0.39, 0.29) is 30.0 Å². The molecule has 0 saturated carbocycles. The lowest BCUT2D eigenvalue weighted by atomic mass is 9.97. The third-order valence-electron chi connectivity index (χ3n) is 1.94. The van der Waals surface area contributed by atoms with Crippen molar-refractivity contribution in [1.29, 1.82) is 0 Å². The summed E-state index contributed by atoms with van der Waals surface area (Å²) in [4.78, 5) is 11.1. The Kier molecular flexibility index (Phi) is 3.42. The lowest BCUT2D eigenvalue weighted by Crippen LogP contribution is -2.16. The molecule has 0 fully saturated rings. The van der Waals surface area contributed by atoms with E-state index in [2.05, 4.69) is 12.6 Å². The van der Waals surface area contributed by atoms with E-state index in [0.29, 0.717) is 0 Å². The summed E-state index contributed by atoms with van der Waals surface area (Å²) in [5.41, 5.74) is -0.510. The van der Waals surface area contributed by atoms with Gasteiger partial charge in [0.05, 0.1) is 5.75 Å². The summed E-state index contributed by atoms with van der Waals surface area (Å²) in [6.45, 7) is 0. The minimum Gasteiger partial charge on any atom is -0.293 e. The van der Waals surface area contributed by atoms with E-state index in [1.54, 1.807) is 0 Å². The first-order valence-corrected chi connectivity index (χ1v) is 4.70. The first-order chi connectivity index (χ1) is 6.45. The van der Waals surface area contributed by atoms with E-state index < -0.39 is 11.7 Å². The predicted octanol–water partition coefficient (Wildman–Crippen LogP) is 2.69. The first kappa shape index (κ1) is 11.4. The molecule has 1 nitrogen and oxygen atoms in total. The van der Waals surface area contributed by atoms with E-state index in [1.807, 2.05) is 0 Å². The third kappa shape index (κ3) is 2.64. The standard InChI is InChI=1S/C9H9F3OS/c10-9(11,12)7-3-1-2-6(4-7)8(13)5-14/h2,4,14H,1,3,5H2. The quantitative estimate of drug-likeness (QED) is 0.711. The molecule has 0 aromatic rings. The van der Waals surface area contributed by atoms with Crippen molar-refractivity contribution in [2.45, 2.75) is 19.0 Å². The highest BCUT2D eigenvalue weighted by molar-refractivity contribution is 7.81. The second-order valence-corrected chi connectivity index (χ2v) is 3.26. The molecule has 78 valence electrons. The molecule has 0 N–H and O–H groups in total. The number of rotatable bonds is 2. The lowest BCUT2D eigenvalue weighted by molar-refractivity contribution is -0.113. The van der Waals surface area contributed by atoms with Gasteiger partial charge in [-0.3, -0.25) is 4.79 Å². The van der Waals surface area contributed by atoms with Gasteiger partial charge in [0, 0.05) is 11.1 Å². The number of carbonyl (C=O) groups excluding carboxylic acids is 1. The van der Waals surface area contributed by atoms with Crippen molar-refractivity contribution in [2.24, 2.45) is 0 Å². The zero-order valence-electron chi connectivity index (χ0n) is 7.27. The van der Waals surface area contributed by atoms with E-state index in [9.17, 15) is 18.0 Å². The maximum atomic E-state index is 12.3.